The average Bonchev–Trinajstić information content (AvgIpc) is 2.58. The zero-order chi connectivity index (χ0) is 20.5. The van der Waals surface area contributed by atoms with Gasteiger partial charge >= 0.3 is 5.97 Å². The van der Waals surface area contributed by atoms with E-state index in [0.29, 0.717) is 17.5 Å². The fraction of sp³-hybridized carbons (Fsp3) is 0.579. The monoisotopic (exact) mass is 377 g/mol. The SMILES string of the molecule is CC1CC(C)CN(c2ccc(C(=O)N(C)C(C)(C)C(=O)O)cc2[N+](=O)[O-])C1. The predicted octanol–water partition coefficient (Wildman–Crippen LogP) is 3.01. The molecule has 1 aromatic carbocycles. The van der Waals surface area contributed by atoms with Crippen LogP contribution in [0.4, 0.5) is 11.4 Å². The number of amides is 1. The summed E-state index contributed by atoms with van der Waals surface area (Å²) in [5.41, 5.74) is -0.971. The molecule has 8 heteroatoms. The summed E-state index contributed by atoms with van der Waals surface area (Å²) in [6, 6.07) is 4.37. The van der Waals surface area contributed by atoms with E-state index < -0.39 is 22.3 Å². The van der Waals surface area contributed by atoms with Crippen molar-refractivity contribution in [2.24, 2.45) is 11.8 Å². The Morgan fingerprint density at radius 2 is 1.81 bits per heavy atom. The third-order valence-electron chi connectivity index (χ3n) is 5.30. The van der Waals surface area contributed by atoms with Crippen LogP contribution in [0.1, 0.15) is 44.5 Å². The molecule has 1 aliphatic heterocycles. The number of hydrogen-bond acceptors (Lipinski definition) is 5. The minimum absolute atomic E-state index is 0.0976. The third-order valence-corrected chi connectivity index (χ3v) is 5.30. The van der Waals surface area contributed by atoms with Gasteiger partial charge < -0.3 is 14.9 Å². The smallest absolute Gasteiger partial charge is 0.329 e. The lowest BCUT2D eigenvalue weighted by atomic mass is 9.91. The van der Waals surface area contributed by atoms with Crippen molar-refractivity contribution in [3.8, 4) is 0 Å². The highest BCUT2D eigenvalue weighted by Crippen LogP contribution is 2.34. The summed E-state index contributed by atoms with van der Waals surface area (Å²) in [5.74, 6) is -0.868. The van der Waals surface area contributed by atoms with Gasteiger partial charge in [-0.25, -0.2) is 4.79 Å². The van der Waals surface area contributed by atoms with Crippen LogP contribution in [0.3, 0.4) is 0 Å². The number of nitrogens with zero attached hydrogens (tertiary/aromatic N) is 3. The lowest BCUT2D eigenvalue weighted by Crippen LogP contribution is -2.50. The van der Waals surface area contributed by atoms with Crippen molar-refractivity contribution in [1.29, 1.82) is 0 Å². The van der Waals surface area contributed by atoms with Crippen molar-refractivity contribution in [2.75, 3.05) is 25.0 Å². The van der Waals surface area contributed by atoms with Crippen LogP contribution in [0.15, 0.2) is 18.2 Å². The van der Waals surface area contributed by atoms with Crippen LogP contribution in [0.25, 0.3) is 0 Å². The Hall–Kier alpha value is -2.64. The molecule has 0 bridgehead atoms. The number of piperidine rings is 1. The molecule has 2 atom stereocenters. The van der Waals surface area contributed by atoms with E-state index in [-0.39, 0.29) is 11.3 Å². The number of hydrogen-bond donors (Lipinski definition) is 1. The van der Waals surface area contributed by atoms with Gasteiger partial charge in [-0.2, -0.15) is 0 Å². The van der Waals surface area contributed by atoms with Gasteiger partial charge in [-0.1, -0.05) is 13.8 Å². The van der Waals surface area contributed by atoms with Gasteiger partial charge in [-0.15, -0.1) is 0 Å². The van der Waals surface area contributed by atoms with E-state index in [2.05, 4.69) is 13.8 Å². The van der Waals surface area contributed by atoms with Gasteiger partial charge in [-0.05, 0) is 44.2 Å². The predicted molar refractivity (Wildman–Crippen MR) is 102 cm³/mol. The van der Waals surface area contributed by atoms with E-state index in [9.17, 15) is 24.8 Å². The first-order valence-electron chi connectivity index (χ1n) is 9.00. The molecule has 0 spiro atoms. The molecular weight excluding hydrogens is 350 g/mol. The molecule has 1 fully saturated rings. The molecule has 1 N–H and O–H groups in total. The number of nitro groups is 1. The van der Waals surface area contributed by atoms with Gasteiger partial charge in [0.15, 0.2) is 0 Å². The minimum Gasteiger partial charge on any atom is -0.480 e. The van der Waals surface area contributed by atoms with Crippen LogP contribution in [0.5, 0.6) is 0 Å². The maximum absolute atomic E-state index is 12.7. The summed E-state index contributed by atoms with van der Waals surface area (Å²) in [6.45, 7) is 8.51. The van der Waals surface area contributed by atoms with E-state index in [1.807, 2.05) is 4.90 Å². The molecule has 0 saturated carbocycles. The Bertz CT molecular complexity index is 752. The molecule has 27 heavy (non-hydrogen) atoms. The Morgan fingerprint density at radius 1 is 1.26 bits per heavy atom. The van der Waals surface area contributed by atoms with Crippen molar-refractivity contribution >= 4 is 23.3 Å². The van der Waals surface area contributed by atoms with Crippen LogP contribution in [-0.4, -0.2) is 52.5 Å². The maximum atomic E-state index is 12.7. The number of benzene rings is 1. The second kappa shape index (κ2) is 7.54. The van der Waals surface area contributed by atoms with Gasteiger partial charge in [0.2, 0.25) is 0 Å². The first-order chi connectivity index (χ1) is 12.4. The number of likely N-dealkylation sites (N-methyl/N-ethyl adjacent to an activating group) is 1. The van der Waals surface area contributed by atoms with Crippen molar-refractivity contribution in [1.82, 2.24) is 4.90 Å². The lowest BCUT2D eigenvalue weighted by molar-refractivity contribution is -0.384. The highest BCUT2D eigenvalue weighted by Gasteiger charge is 2.36. The Balaban J connectivity index is 2.39. The lowest BCUT2D eigenvalue weighted by Gasteiger charge is -2.36. The molecule has 2 unspecified atom stereocenters. The fourth-order valence-corrected chi connectivity index (χ4v) is 3.52. The molecule has 1 aromatic rings. The summed E-state index contributed by atoms with van der Waals surface area (Å²) >= 11 is 0. The van der Waals surface area contributed by atoms with Gasteiger partial charge in [0.1, 0.15) is 11.2 Å². The highest BCUT2D eigenvalue weighted by molar-refractivity contribution is 5.98. The summed E-state index contributed by atoms with van der Waals surface area (Å²) in [5, 5.41) is 20.9. The number of aliphatic carboxylic acids is 1. The van der Waals surface area contributed by atoms with Gasteiger partial charge in [0.05, 0.1) is 4.92 Å². The van der Waals surface area contributed by atoms with Crippen molar-refractivity contribution in [2.45, 2.75) is 39.7 Å². The van der Waals surface area contributed by atoms with E-state index in [1.54, 1.807) is 6.07 Å². The second-order valence-corrected chi connectivity index (χ2v) is 8.04. The Kier molecular flexibility index (Phi) is 5.77. The highest BCUT2D eigenvalue weighted by atomic mass is 16.6. The molecule has 1 amide bonds. The second-order valence-electron chi connectivity index (χ2n) is 8.04. The Morgan fingerprint density at radius 3 is 2.30 bits per heavy atom. The zero-order valence-corrected chi connectivity index (χ0v) is 16.4. The maximum Gasteiger partial charge on any atom is 0.329 e. The van der Waals surface area contributed by atoms with E-state index >= 15 is 0 Å². The molecule has 0 aliphatic carbocycles. The number of carboxylic acid groups (broad SMARTS) is 1. The average molecular weight is 377 g/mol. The molecular formula is C19H27N3O5. The standard InChI is InChI=1S/C19H27N3O5/c1-12-8-13(2)11-21(10-12)15-7-6-14(9-16(15)22(26)27)17(23)20(5)19(3,4)18(24)25/h6-7,9,12-13H,8,10-11H2,1-5H3,(H,24,25). The number of carbonyl (C=O) groups is 2. The molecule has 148 valence electrons. The van der Waals surface area contributed by atoms with Crippen LogP contribution < -0.4 is 4.90 Å². The first-order valence-corrected chi connectivity index (χ1v) is 9.00. The molecule has 0 aromatic heterocycles. The molecule has 0 radical (unpaired) electrons. The fourth-order valence-electron chi connectivity index (χ4n) is 3.52. The zero-order valence-electron chi connectivity index (χ0n) is 16.4. The van der Waals surface area contributed by atoms with Crippen molar-refractivity contribution < 1.29 is 19.6 Å². The number of rotatable bonds is 5. The molecule has 8 nitrogen and oxygen atoms in total. The summed E-state index contributed by atoms with van der Waals surface area (Å²) < 4.78 is 0. The third kappa shape index (κ3) is 4.20. The number of carboxylic acids is 1. The Labute approximate surface area is 158 Å². The molecule has 1 aliphatic rings. The van der Waals surface area contributed by atoms with Gasteiger partial charge in [0, 0.05) is 31.8 Å². The van der Waals surface area contributed by atoms with E-state index in [0.717, 1.165) is 24.4 Å². The minimum atomic E-state index is -1.43. The van der Waals surface area contributed by atoms with Gasteiger partial charge in [0.25, 0.3) is 11.6 Å². The molecule has 1 heterocycles. The first kappa shape index (κ1) is 20.7. The quantitative estimate of drug-likeness (QED) is 0.625. The molecule has 2 rings (SSSR count). The number of carbonyl (C=O) groups excluding carboxylic acids is 1. The van der Waals surface area contributed by atoms with Crippen LogP contribution in [-0.2, 0) is 4.79 Å². The summed E-state index contributed by atoms with van der Waals surface area (Å²) in [4.78, 5) is 38.3. The van der Waals surface area contributed by atoms with Crippen molar-refractivity contribution in [3.63, 3.8) is 0 Å². The summed E-state index contributed by atoms with van der Waals surface area (Å²) in [7, 11) is 1.38. The van der Waals surface area contributed by atoms with Crippen LogP contribution in [0.2, 0.25) is 0 Å². The van der Waals surface area contributed by atoms with E-state index in [4.69, 9.17) is 0 Å². The molecule has 1 saturated heterocycles. The number of anilines is 1. The number of nitro benzene ring substituents is 1. The van der Waals surface area contributed by atoms with Crippen molar-refractivity contribution in [3.05, 3.63) is 33.9 Å². The topological polar surface area (TPSA) is 104 Å². The van der Waals surface area contributed by atoms with Crippen LogP contribution >= 0.6 is 0 Å². The van der Waals surface area contributed by atoms with Crippen LogP contribution in [0, 0.1) is 22.0 Å². The van der Waals surface area contributed by atoms with E-state index in [1.165, 1.54) is 33.0 Å². The van der Waals surface area contributed by atoms with Gasteiger partial charge in [-0.3, -0.25) is 14.9 Å². The normalized spacial score (nSPS) is 20.3. The largest absolute Gasteiger partial charge is 0.480 e. The summed E-state index contributed by atoms with van der Waals surface area (Å²) in [6.07, 6.45) is 1.08.